The maximum Gasteiger partial charge on any atom is 0.239 e. The molecule has 92 valence electrons. The number of carbonyl (C=O) groups excluding carboxylic acids is 1. The number of likely N-dealkylation sites (tertiary alicyclic amines) is 1. The lowest BCUT2D eigenvalue weighted by Gasteiger charge is -2.13. The molecule has 1 aliphatic rings. The van der Waals surface area contributed by atoms with E-state index in [1.54, 1.807) is 4.90 Å². The summed E-state index contributed by atoms with van der Waals surface area (Å²) in [6.07, 6.45) is 0.869. The van der Waals surface area contributed by atoms with E-state index < -0.39 is 0 Å². The molecule has 1 aromatic rings. The van der Waals surface area contributed by atoms with Gasteiger partial charge in [0.1, 0.15) is 0 Å². The van der Waals surface area contributed by atoms with Crippen LogP contribution in [-0.4, -0.2) is 30.4 Å². The molecule has 2 rings (SSSR count). The molecule has 1 N–H and O–H groups in total. The Morgan fingerprint density at radius 3 is 3.00 bits per heavy atom. The first-order chi connectivity index (χ1) is 8.08. The second-order valence-electron chi connectivity index (χ2n) is 4.22. The maximum atomic E-state index is 11.7. The van der Waals surface area contributed by atoms with Crippen LogP contribution >= 0.6 is 27.5 Å². The Morgan fingerprint density at radius 1 is 1.59 bits per heavy atom. The van der Waals surface area contributed by atoms with Gasteiger partial charge in [0.25, 0.3) is 0 Å². The average molecular weight is 318 g/mol. The summed E-state index contributed by atoms with van der Waals surface area (Å²) < 4.78 is 1.01. The first-order valence-electron chi connectivity index (χ1n) is 5.50. The number of rotatable bonds is 3. The maximum absolute atomic E-state index is 11.7. The Bertz CT molecular complexity index is 439. The SMILES string of the molecule is CN1CCC(NCc2cc(Cl)ccc2Br)C1=O. The minimum Gasteiger partial charge on any atom is -0.344 e. The summed E-state index contributed by atoms with van der Waals surface area (Å²) in [5.41, 5.74) is 1.07. The van der Waals surface area contributed by atoms with Crippen LogP contribution in [0.15, 0.2) is 22.7 Å². The molecule has 0 spiro atoms. The Kier molecular flexibility index (Phi) is 4.07. The van der Waals surface area contributed by atoms with E-state index >= 15 is 0 Å². The van der Waals surface area contributed by atoms with Gasteiger partial charge in [-0.3, -0.25) is 4.79 Å². The molecular formula is C12H14BrClN2O. The van der Waals surface area contributed by atoms with Crippen molar-refractivity contribution in [2.75, 3.05) is 13.6 Å². The molecule has 17 heavy (non-hydrogen) atoms. The van der Waals surface area contributed by atoms with Gasteiger partial charge in [-0.15, -0.1) is 0 Å². The van der Waals surface area contributed by atoms with E-state index in [1.807, 2.05) is 25.2 Å². The van der Waals surface area contributed by atoms with Gasteiger partial charge in [0.15, 0.2) is 0 Å². The third-order valence-corrected chi connectivity index (χ3v) is 3.98. The van der Waals surface area contributed by atoms with Gasteiger partial charge < -0.3 is 10.2 Å². The molecule has 1 atom stereocenters. The Morgan fingerprint density at radius 2 is 2.35 bits per heavy atom. The summed E-state index contributed by atoms with van der Waals surface area (Å²) in [5, 5.41) is 3.97. The van der Waals surface area contributed by atoms with Crippen molar-refractivity contribution >= 4 is 33.4 Å². The van der Waals surface area contributed by atoms with Crippen LogP contribution in [0.25, 0.3) is 0 Å². The van der Waals surface area contributed by atoms with E-state index in [2.05, 4.69) is 21.2 Å². The Balaban J connectivity index is 1.98. The van der Waals surface area contributed by atoms with Gasteiger partial charge in [0.2, 0.25) is 5.91 Å². The molecule has 0 bridgehead atoms. The number of nitrogens with one attached hydrogen (secondary N) is 1. The molecule has 1 unspecified atom stereocenters. The van der Waals surface area contributed by atoms with Crippen molar-refractivity contribution in [3.8, 4) is 0 Å². The van der Waals surface area contributed by atoms with Gasteiger partial charge in [-0.05, 0) is 30.2 Å². The van der Waals surface area contributed by atoms with E-state index in [-0.39, 0.29) is 11.9 Å². The third-order valence-electron chi connectivity index (χ3n) is 2.97. The van der Waals surface area contributed by atoms with E-state index in [4.69, 9.17) is 11.6 Å². The van der Waals surface area contributed by atoms with Crippen LogP contribution in [0.3, 0.4) is 0 Å². The molecule has 3 nitrogen and oxygen atoms in total. The van der Waals surface area contributed by atoms with Gasteiger partial charge in [-0.2, -0.15) is 0 Å². The van der Waals surface area contributed by atoms with Crippen LogP contribution in [0.2, 0.25) is 5.02 Å². The summed E-state index contributed by atoms with van der Waals surface area (Å²) >= 11 is 9.41. The fourth-order valence-corrected chi connectivity index (χ4v) is 2.51. The molecule has 1 aromatic carbocycles. The fourth-order valence-electron chi connectivity index (χ4n) is 1.92. The second-order valence-corrected chi connectivity index (χ2v) is 5.51. The van der Waals surface area contributed by atoms with E-state index in [1.165, 1.54) is 0 Å². The topological polar surface area (TPSA) is 32.3 Å². The molecule has 1 saturated heterocycles. The highest BCUT2D eigenvalue weighted by atomic mass is 79.9. The normalized spacial score (nSPS) is 20.1. The molecular weight excluding hydrogens is 304 g/mol. The predicted molar refractivity (Wildman–Crippen MR) is 72.0 cm³/mol. The molecule has 5 heteroatoms. The van der Waals surface area contributed by atoms with Gasteiger partial charge in [0.05, 0.1) is 6.04 Å². The summed E-state index contributed by atoms with van der Waals surface area (Å²) in [7, 11) is 1.83. The summed E-state index contributed by atoms with van der Waals surface area (Å²) in [6.45, 7) is 1.47. The molecule has 0 aliphatic carbocycles. The van der Waals surface area contributed by atoms with Gasteiger partial charge in [-0.25, -0.2) is 0 Å². The highest BCUT2D eigenvalue weighted by Gasteiger charge is 2.28. The molecule has 1 amide bonds. The zero-order valence-electron chi connectivity index (χ0n) is 9.54. The standard InChI is InChI=1S/C12H14BrClN2O/c1-16-5-4-11(12(16)17)15-7-8-6-9(14)2-3-10(8)13/h2-3,6,11,15H,4-5,7H2,1H3. The number of hydrogen-bond donors (Lipinski definition) is 1. The fraction of sp³-hybridized carbons (Fsp3) is 0.417. The van der Waals surface area contributed by atoms with Crippen LogP contribution in [0, 0.1) is 0 Å². The predicted octanol–water partition coefficient (Wildman–Crippen LogP) is 2.42. The zero-order chi connectivity index (χ0) is 12.4. The van der Waals surface area contributed by atoms with Crippen molar-refractivity contribution in [1.82, 2.24) is 10.2 Å². The number of nitrogens with zero attached hydrogens (tertiary/aromatic N) is 1. The molecule has 0 aromatic heterocycles. The summed E-state index contributed by atoms with van der Waals surface area (Å²) in [5.74, 6) is 0.170. The van der Waals surface area contributed by atoms with Crippen LogP contribution in [0.1, 0.15) is 12.0 Å². The minimum absolute atomic E-state index is 0.0640. The van der Waals surface area contributed by atoms with Gasteiger partial charge in [0, 0.05) is 29.6 Å². The van der Waals surface area contributed by atoms with Gasteiger partial charge >= 0.3 is 0 Å². The number of likely N-dealkylation sites (N-methyl/N-ethyl adjacent to an activating group) is 1. The number of benzene rings is 1. The summed E-state index contributed by atoms with van der Waals surface area (Å²) in [4.78, 5) is 13.5. The monoisotopic (exact) mass is 316 g/mol. The smallest absolute Gasteiger partial charge is 0.239 e. The number of halogens is 2. The Hall–Kier alpha value is -0.580. The molecule has 0 saturated carbocycles. The Labute approximate surface area is 114 Å². The van der Waals surface area contributed by atoms with Crippen molar-refractivity contribution in [2.45, 2.75) is 19.0 Å². The molecule has 0 radical (unpaired) electrons. The highest BCUT2D eigenvalue weighted by Crippen LogP contribution is 2.21. The minimum atomic E-state index is -0.0640. The van der Waals surface area contributed by atoms with Crippen molar-refractivity contribution < 1.29 is 4.79 Å². The summed E-state index contributed by atoms with van der Waals surface area (Å²) in [6, 6.07) is 5.60. The van der Waals surface area contributed by atoms with E-state index in [0.717, 1.165) is 23.0 Å². The van der Waals surface area contributed by atoms with Crippen LogP contribution < -0.4 is 5.32 Å². The third kappa shape index (κ3) is 3.00. The van der Waals surface area contributed by atoms with E-state index in [0.29, 0.717) is 11.6 Å². The van der Waals surface area contributed by atoms with Gasteiger partial charge in [-0.1, -0.05) is 27.5 Å². The number of amides is 1. The van der Waals surface area contributed by atoms with Crippen molar-refractivity contribution in [2.24, 2.45) is 0 Å². The number of hydrogen-bond acceptors (Lipinski definition) is 2. The lowest BCUT2D eigenvalue weighted by atomic mass is 10.2. The second kappa shape index (κ2) is 5.38. The molecule has 1 aliphatic heterocycles. The largest absolute Gasteiger partial charge is 0.344 e. The number of carbonyl (C=O) groups is 1. The zero-order valence-corrected chi connectivity index (χ0v) is 11.9. The molecule has 1 fully saturated rings. The van der Waals surface area contributed by atoms with E-state index in [9.17, 15) is 4.79 Å². The quantitative estimate of drug-likeness (QED) is 0.928. The van der Waals surface area contributed by atoms with Crippen molar-refractivity contribution in [1.29, 1.82) is 0 Å². The lowest BCUT2D eigenvalue weighted by Crippen LogP contribution is -2.36. The average Bonchev–Trinajstić information content (AvgIpc) is 2.62. The van der Waals surface area contributed by atoms with Crippen molar-refractivity contribution in [3.63, 3.8) is 0 Å². The van der Waals surface area contributed by atoms with Crippen molar-refractivity contribution in [3.05, 3.63) is 33.3 Å². The molecule has 1 heterocycles. The lowest BCUT2D eigenvalue weighted by molar-refractivity contribution is -0.128. The van der Waals surface area contributed by atoms with Crippen LogP contribution in [-0.2, 0) is 11.3 Å². The van der Waals surface area contributed by atoms with Crippen LogP contribution in [0.5, 0.6) is 0 Å². The first-order valence-corrected chi connectivity index (χ1v) is 6.67. The highest BCUT2D eigenvalue weighted by molar-refractivity contribution is 9.10. The van der Waals surface area contributed by atoms with Crippen LogP contribution in [0.4, 0.5) is 0 Å². The first kappa shape index (κ1) is 12.9.